The number of hydrogen-bond acceptors (Lipinski definition) is 3. The molecule has 2 atom stereocenters. The van der Waals surface area contributed by atoms with Crippen LogP contribution in [0.1, 0.15) is 44.5 Å². The first kappa shape index (κ1) is 15.5. The van der Waals surface area contributed by atoms with Gasteiger partial charge in [-0.15, -0.1) is 0 Å². The highest BCUT2D eigenvalue weighted by atomic mass is 15.3. The lowest BCUT2D eigenvalue weighted by atomic mass is 9.84. The topological polar surface area (TPSA) is 33.1 Å². The number of nitrogens with one attached hydrogen (secondary N) is 1. The molecule has 0 saturated carbocycles. The first-order chi connectivity index (χ1) is 9.51. The van der Waals surface area contributed by atoms with Crippen LogP contribution in [-0.2, 0) is 13.5 Å². The highest BCUT2D eigenvalue weighted by molar-refractivity contribution is 5.13. The summed E-state index contributed by atoms with van der Waals surface area (Å²) in [7, 11) is 4.14. The standard InChI is InChI=1S/C16H30N4/c1-6-16(3,20-9-7-8-10-20)15(17-4)12-14-11-13(2)18-19(14)5/h11,15,17H,6-10,12H2,1-5H3. The molecule has 0 bridgehead atoms. The van der Waals surface area contributed by atoms with Crippen LogP contribution in [0.3, 0.4) is 0 Å². The Hall–Kier alpha value is -0.870. The van der Waals surface area contributed by atoms with E-state index in [1.165, 1.54) is 38.0 Å². The number of rotatable bonds is 6. The van der Waals surface area contributed by atoms with Crippen molar-refractivity contribution in [3.63, 3.8) is 0 Å². The molecular formula is C16H30N4. The summed E-state index contributed by atoms with van der Waals surface area (Å²) in [6.07, 6.45) is 4.90. The minimum atomic E-state index is 0.226. The average molecular weight is 278 g/mol. The monoisotopic (exact) mass is 278 g/mol. The number of likely N-dealkylation sites (N-methyl/N-ethyl adjacent to an activating group) is 1. The summed E-state index contributed by atoms with van der Waals surface area (Å²) < 4.78 is 2.03. The third kappa shape index (κ3) is 2.91. The molecule has 0 aromatic carbocycles. The van der Waals surface area contributed by atoms with E-state index in [-0.39, 0.29) is 5.54 Å². The van der Waals surface area contributed by atoms with Gasteiger partial charge in [0, 0.05) is 30.7 Å². The van der Waals surface area contributed by atoms with E-state index in [1.807, 2.05) is 11.7 Å². The molecule has 0 amide bonds. The average Bonchev–Trinajstić information content (AvgIpc) is 3.05. The van der Waals surface area contributed by atoms with Crippen LogP contribution >= 0.6 is 0 Å². The Balaban J connectivity index is 2.18. The fourth-order valence-corrected chi connectivity index (χ4v) is 3.62. The molecule has 1 saturated heterocycles. The highest BCUT2D eigenvalue weighted by Crippen LogP contribution is 2.29. The van der Waals surface area contributed by atoms with Crippen LogP contribution in [0.25, 0.3) is 0 Å². The van der Waals surface area contributed by atoms with Crippen LogP contribution in [0.5, 0.6) is 0 Å². The maximum absolute atomic E-state index is 4.48. The molecule has 0 spiro atoms. The van der Waals surface area contributed by atoms with Crippen molar-refractivity contribution in [3.8, 4) is 0 Å². The predicted molar refractivity (Wildman–Crippen MR) is 84.0 cm³/mol. The van der Waals surface area contributed by atoms with E-state index >= 15 is 0 Å². The molecule has 4 heteroatoms. The fourth-order valence-electron chi connectivity index (χ4n) is 3.62. The SMILES string of the molecule is CCC(C)(C(Cc1cc(C)nn1C)NC)N1CCCC1. The van der Waals surface area contributed by atoms with Gasteiger partial charge in [-0.2, -0.15) is 5.10 Å². The minimum absolute atomic E-state index is 0.226. The van der Waals surface area contributed by atoms with Gasteiger partial charge in [-0.1, -0.05) is 6.92 Å². The summed E-state index contributed by atoms with van der Waals surface area (Å²) in [5.41, 5.74) is 2.65. The molecule has 2 rings (SSSR count). The molecule has 1 N–H and O–H groups in total. The van der Waals surface area contributed by atoms with Crippen LogP contribution in [0.4, 0.5) is 0 Å². The number of hydrogen-bond donors (Lipinski definition) is 1. The number of nitrogens with zero attached hydrogens (tertiary/aromatic N) is 3. The maximum atomic E-state index is 4.48. The smallest absolute Gasteiger partial charge is 0.0596 e. The Morgan fingerprint density at radius 3 is 2.50 bits per heavy atom. The molecular weight excluding hydrogens is 248 g/mol. The Kier molecular flexibility index (Phi) is 4.86. The van der Waals surface area contributed by atoms with Gasteiger partial charge in [0.2, 0.25) is 0 Å². The zero-order valence-electron chi connectivity index (χ0n) is 13.7. The molecule has 1 aromatic heterocycles. The van der Waals surface area contributed by atoms with Crippen LogP contribution in [-0.4, -0.2) is 46.4 Å². The second kappa shape index (κ2) is 6.27. The third-order valence-electron chi connectivity index (χ3n) is 5.16. The largest absolute Gasteiger partial charge is 0.315 e. The van der Waals surface area contributed by atoms with Gasteiger partial charge in [-0.3, -0.25) is 9.58 Å². The summed E-state index contributed by atoms with van der Waals surface area (Å²) in [5, 5.41) is 8.05. The summed E-state index contributed by atoms with van der Waals surface area (Å²) in [5.74, 6) is 0. The van der Waals surface area contributed by atoms with Crippen LogP contribution in [0.2, 0.25) is 0 Å². The highest BCUT2D eigenvalue weighted by Gasteiger charge is 2.38. The molecule has 1 aliphatic rings. The zero-order chi connectivity index (χ0) is 14.8. The van der Waals surface area contributed by atoms with Crippen molar-refractivity contribution in [2.24, 2.45) is 7.05 Å². The predicted octanol–water partition coefficient (Wildman–Crippen LogP) is 2.12. The number of aromatic nitrogens is 2. The van der Waals surface area contributed by atoms with E-state index in [1.54, 1.807) is 0 Å². The maximum Gasteiger partial charge on any atom is 0.0596 e. The van der Waals surface area contributed by atoms with Crippen molar-refractivity contribution in [1.82, 2.24) is 20.0 Å². The van der Waals surface area contributed by atoms with Crippen molar-refractivity contribution in [2.75, 3.05) is 20.1 Å². The normalized spacial score (nSPS) is 21.1. The molecule has 4 nitrogen and oxygen atoms in total. The third-order valence-corrected chi connectivity index (χ3v) is 5.16. The fraction of sp³-hybridized carbons (Fsp3) is 0.812. The summed E-state index contributed by atoms with van der Waals surface area (Å²) in [4.78, 5) is 2.68. The Morgan fingerprint density at radius 2 is 2.05 bits per heavy atom. The van der Waals surface area contributed by atoms with Gasteiger partial charge in [-0.25, -0.2) is 0 Å². The van der Waals surface area contributed by atoms with Crippen molar-refractivity contribution in [2.45, 2.75) is 58.0 Å². The Labute approximate surface area is 123 Å². The van der Waals surface area contributed by atoms with E-state index in [2.05, 4.69) is 49.2 Å². The minimum Gasteiger partial charge on any atom is -0.315 e. The van der Waals surface area contributed by atoms with Crippen LogP contribution in [0.15, 0.2) is 6.07 Å². The first-order valence-electron chi connectivity index (χ1n) is 7.93. The second-order valence-electron chi connectivity index (χ2n) is 6.35. The van der Waals surface area contributed by atoms with Gasteiger partial charge in [0.15, 0.2) is 0 Å². The van der Waals surface area contributed by atoms with Crippen LogP contribution < -0.4 is 5.32 Å². The zero-order valence-corrected chi connectivity index (χ0v) is 13.7. The second-order valence-corrected chi connectivity index (χ2v) is 6.35. The van der Waals surface area contributed by atoms with Gasteiger partial charge in [0.25, 0.3) is 0 Å². The first-order valence-corrected chi connectivity index (χ1v) is 7.93. The molecule has 20 heavy (non-hydrogen) atoms. The molecule has 1 fully saturated rings. The summed E-state index contributed by atoms with van der Waals surface area (Å²) in [6, 6.07) is 2.67. The van der Waals surface area contributed by atoms with E-state index in [0.29, 0.717) is 6.04 Å². The van der Waals surface area contributed by atoms with Gasteiger partial charge in [0.05, 0.1) is 5.69 Å². The lowest BCUT2D eigenvalue weighted by Crippen LogP contribution is -2.58. The van der Waals surface area contributed by atoms with Gasteiger partial charge < -0.3 is 5.32 Å². The van der Waals surface area contributed by atoms with E-state index in [4.69, 9.17) is 0 Å². The van der Waals surface area contributed by atoms with Crippen LogP contribution in [0, 0.1) is 6.92 Å². The summed E-state index contributed by atoms with van der Waals surface area (Å²) >= 11 is 0. The molecule has 1 aliphatic heterocycles. The molecule has 2 heterocycles. The van der Waals surface area contributed by atoms with Gasteiger partial charge >= 0.3 is 0 Å². The quantitative estimate of drug-likeness (QED) is 0.865. The molecule has 2 unspecified atom stereocenters. The molecule has 0 radical (unpaired) electrons. The molecule has 0 aliphatic carbocycles. The van der Waals surface area contributed by atoms with Gasteiger partial charge in [0.1, 0.15) is 0 Å². The number of likely N-dealkylation sites (tertiary alicyclic amines) is 1. The van der Waals surface area contributed by atoms with Crippen molar-refractivity contribution < 1.29 is 0 Å². The molecule has 1 aromatic rings. The lowest BCUT2D eigenvalue weighted by molar-refractivity contribution is 0.0865. The van der Waals surface area contributed by atoms with E-state index < -0.39 is 0 Å². The number of aryl methyl sites for hydroxylation is 2. The summed E-state index contributed by atoms with van der Waals surface area (Å²) in [6.45, 7) is 9.29. The Bertz CT molecular complexity index is 434. The molecule has 114 valence electrons. The lowest BCUT2D eigenvalue weighted by Gasteiger charge is -2.44. The Morgan fingerprint density at radius 1 is 1.40 bits per heavy atom. The van der Waals surface area contributed by atoms with Crippen molar-refractivity contribution in [1.29, 1.82) is 0 Å². The van der Waals surface area contributed by atoms with E-state index in [0.717, 1.165) is 12.1 Å². The van der Waals surface area contributed by atoms with Crippen molar-refractivity contribution in [3.05, 3.63) is 17.5 Å². The van der Waals surface area contributed by atoms with Crippen molar-refractivity contribution >= 4 is 0 Å². The van der Waals surface area contributed by atoms with Gasteiger partial charge in [-0.05, 0) is 59.3 Å². The van der Waals surface area contributed by atoms with E-state index in [9.17, 15) is 0 Å².